The van der Waals surface area contributed by atoms with Gasteiger partial charge in [-0.3, -0.25) is 4.79 Å². The minimum absolute atomic E-state index is 0.623. The number of carbonyl (C=O) groups excluding carboxylic acids is 1. The Kier molecular flexibility index (Phi) is 4.26. The first-order valence-corrected chi connectivity index (χ1v) is 5.99. The summed E-state index contributed by atoms with van der Waals surface area (Å²) in [6, 6.07) is 10.0. The zero-order chi connectivity index (χ0) is 12.8. The first-order chi connectivity index (χ1) is 8.74. The third-order valence-electron chi connectivity index (χ3n) is 2.51. The summed E-state index contributed by atoms with van der Waals surface area (Å²) in [5.74, 6) is 0. The van der Waals surface area contributed by atoms with Gasteiger partial charge < -0.3 is 0 Å². The van der Waals surface area contributed by atoms with Gasteiger partial charge in [-0.1, -0.05) is 54.6 Å². The van der Waals surface area contributed by atoms with Crippen molar-refractivity contribution >= 4 is 28.8 Å². The Balaban J connectivity index is 2.08. The first-order valence-electron chi connectivity index (χ1n) is 5.61. The van der Waals surface area contributed by atoms with Crippen LogP contribution in [-0.2, 0) is 0 Å². The summed E-state index contributed by atoms with van der Waals surface area (Å²) < 4.78 is 0. The number of hydrogen-bond acceptors (Lipinski definition) is 1. The van der Waals surface area contributed by atoms with Crippen LogP contribution < -0.4 is 0 Å². The van der Waals surface area contributed by atoms with Crippen LogP contribution in [-0.4, -0.2) is 11.1 Å². The number of aliphatic imine (C=N–C) groups is 1. The summed E-state index contributed by atoms with van der Waals surface area (Å²) in [6.07, 6.45) is 10.3. The molecule has 0 N–H and O–H groups in total. The van der Waals surface area contributed by atoms with E-state index in [0.29, 0.717) is 12.1 Å². The van der Waals surface area contributed by atoms with Crippen molar-refractivity contribution in [2.24, 2.45) is 4.99 Å². The molecule has 1 aromatic rings. The van der Waals surface area contributed by atoms with E-state index in [-0.39, 0.29) is 0 Å². The van der Waals surface area contributed by atoms with Crippen molar-refractivity contribution in [2.45, 2.75) is 6.42 Å². The van der Waals surface area contributed by atoms with Gasteiger partial charge in [0, 0.05) is 12.1 Å². The van der Waals surface area contributed by atoms with Gasteiger partial charge in [-0.25, -0.2) is 4.99 Å². The molecule has 0 heterocycles. The van der Waals surface area contributed by atoms with E-state index in [1.54, 1.807) is 6.08 Å². The lowest BCUT2D eigenvalue weighted by Crippen LogP contribution is -2.00. The highest BCUT2D eigenvalue weighted by molar-refractivity contribution is 6.64. The van der Waals surface area contributed by atoms with Gasteiger partial charge in [0.15, 0.2) is 0 Å². The Morgan fingerprint density at radius 2 is 2.00 bits per heavy atom. The third kappa shape index (κ3) is 3.82. The Bertz CT molecular complexity index is 553. The molecule has 1 aromatic carbocycles. The molecule has 0 aliphatic heterocycles. The molecular weight excluding hydrogens is 246 g/mol. The average Bonchev–Trinajstić information content (AvgIpc) is 2.37. The third-order valence-corrected chi connectivity index (χ3v) is 2.59. The second kappa shape index (κ2) is 6.12. The maximum atomic E-state index is 10.7. The lowest BCUT2D eigenvalue weighted by Gasteiger charge is -2.06. The monoisotopic (exact) mass is 257 g/mol. The zero-order valence-electron chi connectivity index (χ0n) is 9.71. The molecule has 18 heavy (non-hydrogen) atoms. The van der Waals surface area contributed by atoms with Crippen LogP contribution in [0.2, 0.25) is 0 Å². The predicted octanol–water partition coefficient (Wildman–Crippen LogP) is 4.39. The number of halogens is 1. The van der Waals surface area contributed by atoms with E-state index in [1.165, 1.54) is 0 Å². The van der Waals surface area contributed by atoms with Crippen LogP contribution in [0.15, 0.2) is 65.2 Å². The number of hydrogen-bond donors (Lipinski definition) is 0. The van der Waals surface area contributed by atoms with Gasteiger partial charge in [-0.15, -0.1) is 0 Å². The van der Waals surface area contributed by atoms with E-state index < -0.39 is 5.37 Å². The quantitative estimate of drug-likeness (QED) is 0.571. The standard InChI is InChI=1S/C15H12ClNO/c16-15(18)17-14-8-4-7-13(11-14)10-9-12-5-2-1-3-6-12/h1-10H,11H2. The average molecular weight is 258 g/mol. The summed E-state index contributed by atoms with van der Waals surface area (Å²) in [7, 11) is 0. The SMILES string of the molecule is O=C(Cl)N=C1C=CC=C(C=Cc2ccccc2)C1. The second-order valence-electron chi connectivity index (χ2n) is 3.88. The van der Waals surface area contributed by atoms with E-state index >= 15 is 0 Å². The molecule has 2 nitrogen and oxygen atoms in total. The maximum Gasteiger partial charge on any atom is 0.339 e. The highest BCUT2D eigenvalue weighted by Crippen LogP contribution is 2.14. The molecule has 0 saturated carbocycles. The fourth-order valence-electron chi connectivity index (χ4n) is 1.68. The van der Waals surface area contributed by atoms with Crippen molar-refractivity contribution in [3.8, 4) is 0 Å². The van der Waals surface area contributed by atoms with E-state index in [9.17, 15) is 4.79 Å². The van der Waals surface area contributed by atoms with Crippen LogP contribution >= 0.6 is 11.6 Å². The lowest BCUT2D eigenvalue weighted by atomic mass is 10.0. The summed E-state index contributed by atoms with van der Waals surface area (Å²) in [4.78, 5) is 14.4. The number of rotatable bonds is 2. The van der Waals surface area contributed by atoms with E-state index in [2.05, 4.69) is 4.99 Å². The van der Waals surface area contributed by atoms with Crippen molar-refractivity contribution in [2.75, 3.05) is 0 Å². The normalized spacial score (nSPS) is 17.2. The molecule has 1 amide bonds. The summed E-state index contributed by atoms with van der Waals surface area (Å²) in [5.41, 5.74) is 2.92. The summed E-state index contributed by atoms with van der Waals surface area (Å²) in [5, 5.41) is -0.678. The van der Waals surface area contributed by atoms with Gasteiger partial charge in [-0.2, -0.15) is 0 Å². The fourth-order valence-corrected chi connectivity index (χ4v) is 1.79. The molecule has 0 atom stereocenters. The molecule has 0 bridgehead atoms. The van der Waals surface area contributed by atoms with Crippen LogP contribution in [0.1, 0.15) is 12.0 Å². The number of amides is 1. The van der Waals surface area contributed by atoms with Crippen LogP contribution in [0, 0.1) is 0 Å². The second-order valence-corrected chi connectivity index (χ2v) is 4.20. The maximum absolute atomic E-state index is 10.7. The van der Waals surface area contributed by atoms with Crippen molar-refractivity contribution in [3.63, 3.8) is 0 Å². The van der Waals surface area contributed by atoms with Gasteiger partial charge in [0.1, 0.15) is 0 Å². The molecule has 3 heteroatoms. The lowest BCUT2D eigenvalue weighted by molar-refractivity contribution is 0.266. The molecule has 0 radical (unpaired) electrons. The van der Waals surface area contributed by atoms with Crippen molar-refractivity contribution < 1.29 is 4.79 Å². The van der Waals surface area contributed by atoms with Gasteiger partial charge in [0.2, 0.25) is 0 Å². The van der Waals surface area contributed by atoms with Crippen LogP contribution in [0.3, 0.4) is 0 Å². The predicted molar refractivity (Wildman–Crippen MR) is 76.0 cm³/mol. The van der Waals surface area contributed by atoms with Crippen LogP contribution in [0.25, 0.3) is 6.08 Å². The minimum Gasteiger partial charge on any atom is -0.253 e. The molecule has 90 valence electrons. The topological polar surface area (TPSA) is 29.4 Å². The summed E-state index contributed by atoms with van der Waals surface area (Å²) in [6.45, 7) is 0. The number of nitrogens with zero attached hydrogens (tertiary/aromatic N) is 1. The molecule has 2 rings (SSSR count). The molecule has 0 spiro atoms. The van der Waals surface area contributed by atoms with Crippen molar-refractivity contribution in [3.05, 3.63) is 65.8 Å². The van der Waals surface area contributed by atoms with Gasteiger partial charge in [0.05, 0.1) is 0 Å². The van der Waals surface area contributed by atoms with Gasteiger partial charge >= 0.3 is 5.37 Å². The highest BCUT2D eigenvalue weighted by atomic mass is 35.5. The van der Waals surface area contributed by atoms with Crippen molar-refractivity contribution in [1.29, 1.82) is 0 Å². The van der Waals surface area contributed by atoms with E-state index in [1.807, 2.05) is 54.6 Å². The first kappa shape index (κ1) is 12.5. The zero-order valence-corrected chi connectivity index (χ0v) is 10.5. The van der Waals surface area contributed by atoms with Crippen LogP contribution in [0.4, 0.5) is 4.79 Å². The fraction of sp³-hybridized carbons (Fsp3) is 0.0667. The van der Waals surface area contributed by atoms with Gasteiger partial charge in [0.25, 0.3) is 0 Å². The van der Waals surface area contributed by atoms with Crippen LogP contribution in [0.5, 0.6) is 0 Å². The highest BCUT2D eigenvalue weighted by Gasteiger charge is 2.04. The smallest absolute Gasteiger partial charge is 0.253 e. The largest absolute Gasteiger partial charge is 0.339 e. The molecule has 1 aliphatic rings. The molecule has 0 unspecified atom stereocenters. The Morgan fingerprint density at radius 3 is 2.72 bits per heavy atom. The minimum atomic E-state index is -0.678. The molecule has 0 fully saturated rings. The molecule has 0 saturated heterocycles. The van der Waals surface area contributed by atoms with E-state index in [4.69, 9.17) is 11.6 Å². The molecular formula is C15H12ClNO. The Morgan fingerprint density at radius 1 is 1.22 bits per heavy atom. The number of carbonyl (C=O) groups is 1. The Labute approximate surface area is 111 Å². The Hall–Kier alpha value is -1.93. The molecule has 1 aliphatic carbocycles. The summed E-state index contributed by atoms with van der Waals surface area (Å²) >= 11 is 5.23. The number of benzene rings is 1. The van der Waals surface area contributed by atoms with E-state index in [0.717, 1.165) is 11.1 Å². The van der Waals surface area contributed by atoms with Crippen molar-refractivity contribution in [1.82, 2.24) is 0 Å². The molecule has 0 aromatic heterocycles. The number of allylic oxidation sites excluding steroid dienone is 5. The van der Waals surface area contributed by atoms with Gasteiger partial charge in [-0.05, 0) is 28.8 Å².